The number of carbonyl (C=O) groups excluding carboxylic acids is 2. The van der Waals surface area contributed by atoms with Crippen LogP contribution < -0.4 is 19.8 Å². The summed E-state index contributed by atoms with van der Waals surface area (Å²) in [4.78, 5) is 24.2. The van der Waals surface area contributed by atoms with Gasteiger partial charge in [0.15, 0.2) is 6.61 Å². The Kier molecular flexibility index (Phi) is 9.64. The number of ether oxygens (including phenoxy) is 2. The Labute approximate surface area is 212 Å². The number of rotatable bonds is 11. The third kappa shape index (κ3) is 8.96. The van der Waals surface area contributed by atoms with Crippen molar-refractivity contribution in [2.75, 3.05) is 36.9 Å². The number of nitrogens with zero attached hydrogens (tertiary/aromatic N) is 2. The minimum Gasteiger partial charge on any atom is -0.484 e. The average molecular weight is 567 g/mol. The molecule has 1 atom stereocenters. The lowest BCUT2D eigenvalue weighted by atomic mass is 10.2. The molecular formula is C23H27BrN4O6S. The summed E-state index contributed by atoms with van der Waals surface area (Å²) in [6.45, 7) is 0.695. The molecule has 2 N–H and O–H groups in total. The van der Waals surface area contributed by atoms with Gasteiger partial charge in [-0.05, 0) is 66.9 Å². The van der Waals surface area contributed by atoms with E-state index in [1.165, 1.54) is 6.21 Å². The molecule has 188 valence electrons. The number of hydrazone groups is 1. The Morgan fingerprint density at radius 3 is 2.51 bits per heavy atom. The summed E-state index contributed by atoms with van der Waals surface area (Å²) >= 11 is 3.29. The molecular weight excluding hydrogens is 540 g/mol. The highest BCUT2D eigenvalue weighted by molar-refractivity contribution is 9.10. The van der Waals surface area contributed by atoms with Gasteiger partial charge in [0.25, 0.3) is 11.8 Å². The van der Waals surface area contributed by atoms with Crippen molar-refractivity contribution in [3.05, 3.63) is 58.6 Å². The second-order valence-corrected chi connectivity index (χ2v) is 10.7. The number of nitrogens with one attached hydrogen (secondary N) is 2. The van der Waals surface area contributed by atoms with Crippen molar-refractivity contribution < 1.29 is 27.5 Å². The number of amides is 2. The Morgan fingerprint density at radius 2 is 1.89 bits per heavy atom. The van der Waals surface area contributed by atoms with Crippen molar-refractivity contribution in [1.82, 2.24) is 10.7 Å². The molecule has 2 aromatic rings. The van der Waals surface area contributed by atoms with E-state index in [9.17, 15) is 18.0 Å². The SMILES string of the molecule is CS(=O)(=O)N(CC(=O)N/N=C\c1ccc(OCC(=O)NC[C@@H]2CCCO2)cc1)c1ccc(Br)cc1. The van der Waals surface area contributed by atoms with Crippen LogP contribution in [0.2, 0.25) is 0 Å². The van der Waals surface area contributed by atoms with Gasteiger partial charge in [-0.25, -0.2) is 13.8 Å². The summed E-state index contributed by atoms with van der Waals surface area (Å²) < 4.78 is 37.0. The fourth-order valence-corrected chi connectivity index (χ4v) is 4.36. The molecule has 1 heterocycles. The Bertz CT molecular complexity index is 1130. The van der Waals surface area contributed by atoms with Crippen LogP contribution in [0.1, 0.15) is 18.4 Å². The molecule has 10 nitrogen and oxygen atoms in total. The van der Waals surface area contributed by atoms with Crippen molar-refractivity contribution in [2.45, 2.75) is 18.9 Å². The normalized spacial score (nSPS) is 15.7. The van der Waals surface area contributed by atoms with Crippen molar-refractivity contribution in [3.63, 3.8) is 0 Å². The molecule has 1 saturated heterocycles. The molecule has 0 radical (unpaired) electrons. The van der Waals surface area contributed by atoms with Crippen LogP contribution in [0.25, 0.3) is 0 Å². The zero-order valence-electron chi connectivity index (χ0n) is 19.1. The van der Waals surface area contributed by atoms with Crippen LogP contribution in [0.4, 0.5) is 5.69 Å². The smallest absolute Gasteiger partial charge is 0.260 e. The van der Waals surface area contributed by atoms with E-state index in [0.717, 1.165) is 34.5 Å². The van der Waals surface area contributed by atoms with Gasteiger partial charge in [-0.3, -0.25) is 13.9 Å². The van der Waals surface area contributed by atoms with Crippen LogP contribution in [0.3, 0.4) is 0 Å². The molecule has 1 fully saturated rings. The monoisotopic (exact) mass is 566 g/mol. The van der Waals surface area contributed by atoms with Crippen LogP contribution in [0.5, 0.6) is 5.75 Å². The van der Waals surface area contributed by atoms with E-state index in [4.69, 9.17) is 9.47 Å². The van der Waals surface area contributed by atoms with Crippen LogP contribution in [-0.2, 0) is 24.3 Å². The van der Waals surface area contributed by atoms with E-state index in [-0.39, 0.29) is 18.6 Å². The van der Waals surface area contributed by atoms with Gasteiger partial charge < -0.3 is 14.8 Å². The minimum atomic E-state index is -3.67. The van der Waals surface area contributed by atoms with Gasteiger partial charge in [0, 0.05) is 17.6 Å². The molecule has 0 aromatic heterocycles. The number of benzene rings is 2. The first-order valence-electron chi connectivity index (χ1n) is 10.9. The Balaban J connectivity index is 1.44. The van der Waals surface area contributed by atoms with E-state index in [1.54, 1.807) is 48.5 Å². The van der Waals surface area contributed by atoms with E-state index in [1.807, 2.05) is 0 Å². The van der Waals surface area contributed by atoms with Crippen LogP contribution in [-0.4, -0.2) is 65.1 Å². The number of hydrogen-bond acceptors (Lipinski definition) is 7. The lowest BCUT2D eigenvalue weighted by Gasteiger charge is -2.21. The number of halogens is 1. The molecule has 0 spiro atoms. The molecule has 2 amide bonds. The maximum atomic E-state index is 12.3. The summed E-state index contributed by atoms with van der Waals surface area (Å²) in [6, 6.07) is 13.3. The minimum absolute atomic E-state index is 0.0771. The first-order valence-corrected chi connectivity index (χ1v) is 13.5. The molecule has 0 saturated carbocycles. The van der Waals surface area contributed by atoms with Gasteiger partial charge in [-0.1, -0.05) is 15.9 Å². The third-order valence-electron chi connectivity index (χ3n) is 5.01. The Morgan fingerprint density at radius 1 is 1.17 bits per heavy atom. The number of sulfonamides is 1. The summed E-state index contributed by atoms with van der Waals surface area (Å²) in [7, 11) is -3.67. The Hall–Kier alpha value is -2.96. The highest BCUT2D eigenvalue weighted by Crippen LogP contribution is 2.20. The van der Waals surface area contributed by atoms with E-state index < -0.39 is 22.5 Å². The highest BCUT2D eigenvalue weighted by Gasteiger charge is 2.20. The second-order valence-electron chi connectivity index (χ2n) is 7.84. The van der Waals surface area contributed by atoms with Crippen LogP contribution in [0, 0.1) is 0 Å². The number of hydrogen-bond donors (Lipinski definition) is 2. The molecule has 1 aliphatic heterocycles. The first kappa shape index (κ1) is 26.6. The van der Waals surface area contributed by atoms with Gasteiger partial charge in [0.05, 0.1) is 24.3 Å². The summed E-state index contributed by atoms with van der Waals surface area (Å²) in [6.07, 6.45) is 4.49. The van der Waals surface area contributed by atoms with Gasteiger partial charge in [-0.2, -0.15) is 5.10 Å². The maximum absolute atomic E-state index is 12.3. The average Bonchev–Trinajstić information content (AvgIpc) is 3.34. The first-order chi connectivity index (χ1) is 16.7. The molecule has 0 aliphatic carbocycles. The molecule has 0 unspecified atom stereocenters. The number of anilines is 1. The molecule has 0 bridgehead atoms. The van der Waals surface area contributed by atoms with E-state index >= 15 is 0 Å². The van der Waals surface area contributed by atoms with Crippen molar-refractivity contribution in [1.29, 1.82) is 0 Å². The lowest BCUT2D eigenvalue weighted by molar-refractivity contribution is -0.123. The van der Waals surface area contributed by atoms with Crippen LogP contribution >= 0.6 is 15.9 Å². The van der Waals surface area contributed by atoms with E-state index in [2.05, 4.69) is 31.8 Å². The third-order valence-corrected chi connectivity index (χ3v) is 6.68. The van der Waals surface area contributed by atoms with Gasteiger partial charge >= 0.3 is 0 Å². The molecule has 1 aliphatic rings. The van der Waals surface area contributed by atoms with E-state index in [0.29, 0.717) is 23.5 Å². The molecule has 2 aromatic carbocycles. The van der Waals surface area contributed by atoms with Crippen molar-refractivity contribution in [2.24, 2.45) is 5.10 Å². The quantitative estimate of drug-likeness (QED) is 0.316. The summed E-state index contributed by atoms with van der Waals surface area (Å²) in [5.41, 5.74) is 3.37. The largest absolute Gasteiger partial charge is 0.484 e. The second kappa shape index (κ2) is 12.7. The van der Waals surface area contributed by atoms with Crippen LogP contribution in [0.15, 0.2) is 58.1 Å². The highest BCUT2D eigenvalue weighted by atomic mass is 79.9. The standard InChI is InChI=1S/C23H27BrN4O6S/c1-35(31,32)28(19-8-6-18(24)7-9-19)15-22(29)27-26-13-17-4-10-20(11-5-17)34-16-23(30)25-14-21-3-2-12-33-21/h4-11,13,21H,2-3,12,14-16H2,1H3,(H,25,30)(H,27,29)/b26-13-/t21-/m0/s1. The number of carbonyl (C=O) groups is 2. The topological polar surface area (TPSA) is 126 Å². The van der Waals surface area contributed by atoms with Gasteiger partial charge in [0.2, 0.25) is 10.0 Å². The zero-order chi connectivity index (χ0) is 25.3. The van der Waals surface area contributed by atoms with Crippen molar-refractivity contribution >= 4 is 49.7 Å². The van der Waals surface area contributed by atoms with Gasteiger partial charge in [0.1, 0.15) is 12.3 Å². The zero-order valence-corrected chi connectivity index (χ0v) is 21.5. The summed E-state index contributed by atoms with van der Waals surface area (Å²) in [5.74, 6) is -0.305. The molecule has 35 heavy (non-hydrogen) atoms. The predicted molar refractivity (Wildman–Crippen MR) is 136 cm³/mol. The van der Waals surface area contributed by atoms with Gasteiger partial charge in [-0.15, -0.1) is 0 Å². The predicted octanol–water partition coefficient (Wildman–Crippen LogP) is 2.04. The summed E-state index contributed by atoms with van der Waals surface area (Å²) in [5, 5.41) is 6.67. The van der Waals surface area contributed by atoms with Crippen molar-refractivity contribution in [3.8, 4) is 5.75 Å². The fraction of sp³-hybridized carbons (Fsp3) is 0.348. The maximum Gasteiger partial charge on any atom is 0.260 e. The molecule has 3 rings (SSSR count). The molecule has 12 heteroatoms. The lowest BCUT2D eigenvalue weighted by Crippen LogP contribution is -2.39. The fourth-order valence-electron chi connectivity index (χ4n) is 3.23.